The van der Waals surface area contributed by atoms with E-state index >= 15 is 0 Å². The average molecular weight is 255 g/mol. The number of carboxylic acids is 1. The van der Waals surface area contributed by atoms with Crippen LogP contribution < -0.4 is 5.32 Å². The molecule has 0 bridgehead atoms. The maximum atomic E-state index is 12.2. The van der Waals surface area contributed by atoms with Gasteiger partial charge in [0, 0.05) is 5.92 Å². The van der Waals surface area contributed by atoms with E-state index < -0.39 is 11.5 Å². The Morgan fingerprint density at radius 2 is 1.67 bits per heavy atom. The quantitative estimate of drug-likeness (QED) is 0.735. The number of amides is 1. The van der Waals surface area contributed by atoms with E-state index in [0.717, 1.165) is 38.5 Å². The molecule has 1 rings (SSSR count). The molecule has 0 saturated heterocycles. The van der Waals surface area contributed by atoms with E-state index in [1.54, 1.807) is 0 Å². The van der Waals surface area contributed by atoms with Gasteiger partial charge in [0.2, 0.25) is 5.91 Å². The summed E-state index contributed by atoms with van der Waals surface area (Å²) in [7, 11) is 0. The molecule has 1 amide bonds. The number of carboxylic acid groups (broad SMARTS) is 1. The SMILES string of the molecule is CCCC(CCC)C(=O)NC1(C(=O)O)CCCC1. The minimum atomic E-state index is -0.989. The Morgan fingerprint density at radius 1 is 1.17 bits per heavy atom. The van der Waals surface area contributed by atoms with Gasteiger partial charge in [-0.3, -0.25) is 4.79 Å². The first-order chi connectivity index (χ1) is 8.55. The Hall–Kier alpha value is -1.06. The minimum absolute atomic E-state index is 0.0307. The van der Waals surface area contributed by atoms with Crippen LogP contribution in [0.2, 0.25) is 0 Å². The Balaban J connectivity index is 2.67. The minimum Gasteiger partial charge on any atom is -0.480 e. The van der Waals surface area contributed by atoms with Crippen LogP contribution in [0.4, 0.5) is 0 Å². The second-order valence-electron chi connectivity index (χ2n) is 5.36. The van der Waals surface area contributed by atoms with E-state index in [1.807, 2.05) is 0 Å². The fourth-order valence-corrected chi connectivity index (χ4v) is 2.81. The van der Waals surface area contributed by atoms with Gasteiger partial charge in [-0.05, 0) is 25.7 Å². The Morgan fingerprint density at radius 3 is 2.06 bits per heavy atom. The molecule has 0 spiro atoms. The highest BCUT2D eigenvalue weighted by Gasteiger charge is 2.43. The van der Waals surface area contributed by atoms with E-state index in [0.29, 0.717) is 12.8 Å². The molecule has 104 valence electrons. The Labute approximate surface area is 109 Å². The van der Waals surface area contributed by atoms with Crippen molar-refractivity contribution in [1.82, 2.24) is 5.32 Å². The van der Waals surface area contributed by atoms with E-state index in [9.17, 15) is 14.7 Å². The first-order valence-corrected chi connectivity index (χ1v) is 7.11. The molecule has 1 aliphatic rings. The van der Waals surface area contributed by atoms with Crippen LogP contribution in [0.15, 0.2) is 0 Å². The molecule has 1 fully saturated rings. The summed E-state index contributed by atoms with van der Waals surface area (Å²) < 4.78 is 0. The molecule has 0 aromatic heterocycles. The van der Waals surface area contributed by atoms with Gasteiger partial charge in [0.1, 0.15) is 5.54 Å². The van der Waals surface area contributed by atoms with Crippen molar-refractivity contribution < 1.29 is 14.7 Å². The molecule has 0 aromatic carbocycles. The van der Waals surface area contributed by atoms with Crippen molar-refractivity contribution in [2.24, 2.45) is 5.92 Å². The first-order valence-electron chi connectivity index (χ1n) is 7.11. The van der Waals surface area contributed by atoms with Crippen molar-refractivity contribution in [3.05, 3.63) is 0 Å². The second kappa shape index (κ2) is 6.76. The van der Waals surface area contributed by atoms with Gasteiger partial charge in [-0.2, -0.15) is 0 Å². The standard InChI is InChI=1S/C14H25NO3/c1-3-7-11(8-4-2)12(16)15-14(13(17)18)9-5-6-10-14/h11H,3-10H2,1-2H3,(H,15,16)(H,17,18). The van der Waals surface area contributed by atoms with Crippen molar-refractivity contribution in [3.8, 4) is 0 Å². The zero-order valence-corrected chi connectivity index (χ0v) is 11.5. The maximum absolute atomic E-state index is 12.2. The molecule has 1 saturated carbocycles. The highest BCUT2D eigenvalue weighted by atomic mass is 16.4. The van der Waals surface area contributed by atoms with Crippen molar-refractivity contribution in [3.63, 3.8) is 0 Å². The summed E-state index contributed by atoms with van der Waals surface area (Å²) in [4.78, 5) is 23.6. The number of carbonyl (C=O) groups is 2. The van der Waals surface area contributed by atoms with Gasteiger partial charge in [0.25, 0.3) is 0 Å². The molecule has 4 nitrogen and oxygen atoms in total. The zero-order valence-electron chi connectivity index (χ0n) is 11.5. The summed E-state index contributed by atoms with van der Waals surface area (Å²) >= 11 is 0. The third-order valence-electron chi connectivity index (χ3n) is 3.87. The zero-order chi connectivity index (χ0) is 13.6. The lowest BCUT2D eigenvalue weighted by atomic mass is 9.93. The summed E-state index contributed by atoms with van der Waals surface area (Å²) in [5.41, 5.74) is -0.989. The lowest BCUT2D eigenvalue weighted by molar-refractivity contribution is -0.148. The normalized spacial score (nSPS) is 17.9. The third kappa shape index (κ3) is 3.47. The second-order valence-corrected chi connectivity index (χ2v) is 5.36. The third-order valence-corrected chi connectivity index (χ3v) is 3.87. The van der Waals surface area contributed by atoms with E-state index in [4.69, 9.17) is 0 Å². The number of hydrogen-bond donors (Lipinski definition) is 2. The molecule has 0 aliphatic heterocycles. The van der Waals surface area contributed by atoms with Crippen LogP contribution in [0.1, 0.15) is 65.2 Å². The van der Waals surface area contributed by atoms with Gasteiger partial charge in [0.05, 0.1) is 0 Å². The summed E-state index contributed by atoms with van der Waals surface area (Å²) in [6.45, 7) is 4.11. The highest BCUT2D eigenvalue weighted by molar-refractivity contribution is 5.88. The van der Waals surface area contributed by atoms with Gasteiger partial charge < -0.3 is 10.4 Å². The van der Waals surface area contributed by atoms with Gasteiger partial charge in [-0.15, -0.1) is 0 Å². The van der Waals surface area contributed by atoms with Crippen molar-refractivity contribution in [1.29, 1.82) is 0 Å². The predicted octanol–water partition coefficient (Wildman–Crippen LogP) is 2.72. The number of carbonyl (C=O) groups excluding carboxylic acids is 1. The molecular formula is C14H25NO3. The van der Waals surface area contributed by atoms with Crippen LogP contribution in [0.3, 0.4) is 0 Å². The lowest BCUT2D eigenvalue weighted by Crippen LogP contribution is -2.54. The molecular weight excluding hydrogens is 230 g/mol. The van der Waals surface area contributed by atoms with Crippen molar-refractivity contribution in [2.45, 2.75) is 70.8 Å². The van der Waals surface area contributed by atoms with Crippen LogP contribution in [0.5, 0.6) is 0 Å². The van der Waals surface area contributed by atoms with Crippen molar-refractivity contribution >= 4 is 11.9 Å². The molecule has 0 radical (unpaired) electrons. The van der Waals surface area contributed by atoms with E-state index in [1.165, 1.54) is 0 Å². The van der Waals surface area contributed by atoms with Crippen LogP contribution in [-0.4, -0.2) is 22.5 Å². The monoisotopic (exact) mass is 255 g/mol. The van der Waals surface area contributed by atoms with Crippen LogP contribution in [0.25, 0.3) is 0 Å². The molecule has 1 aliphatic carbocycles. The predicted molar refractivity (Wildman–Crippen MR) is 70.3 cm³/mol. The number of nitrogens with one attached hydrogen (secondary N) is 1. The van der Waals surface area contributed by atoms with Crippen molar-refractivity contribution in [2.75, 3.05) is 0 Å². The van der Waals surface area contributed by atoms with Crippen LogP contribution in [-0.2, 0) is 9.59 Å². The number of hydrogen-bond acceptors (Lipinski definition) is 2. The number of rotatable bonds is 7. The van der Waals surface area contributed by atoms with Gasteiger partial charge >= 0.3 is 5.97 Å². The lowest BCUT2D eigenvalue weighted by Gasteiger charge is -2.28. The Bertz CT molecular complexity index is 289. The summed E-state index contributed by atoms with van der Waals surface area (Å²) in [6, 6.07) is 0. The van der Waals surface area contributed by atoms with E-state index in [2.05, 4.69) is 19.2 Å². The average Bonchev–Trinajstić information content (AvgIpc) is 2.78. The molecule has 0 heterocycles. The molecule has 0 atom stereocenters. The van der Waals surface area contributed by atoms with E-state index in [-0.39, 0.29) is 11.8 Å². The highest BCUT2D eigenvalue weighted by Crippen LogP contribution is 2.30. The molecule has 0 unspecified atom stereocenters. The summed E-state index contributed by atoms with van der Waals surface area (Å²) in [5, 5.41) is 12.2. The summed E-state index contributed by atoms with van der Waals surface area (Å²) in [6.07, 6.45) is 6.51. The molecule has 2 N–H and O–H groups in total. The maximum Gasteiger partial charge on any atom is 0.329 e. The molecule has 0 aromatic rings. The largest absolute Gasteiger partial charge is 0.480 e. The Kier molecular flexibility index (Phi) is 5.63. The topological polar surface area (TPSA) is 66.4 Å². The van der Waals surface area contributed by atoms with Crippen LogP contribution in [0, 0.1) is 5.92 Å². The molecule has 4 heteroatoms. The fourth-order valence-electron chi connectivity index (χ4n) is 2.81. The summed E-state index contributed by atoms with van der Waals surface area (Å²) in [5.74, 6) is -0.972. The first kappa shape index (κ1) is 15.0. The van der Waals surface area contributed by atoms with Gasteiger partial charge in [-0.25, -0.2) is 4.79 Å². The van der Waals surface area contributed by atoms with Gasteiger partial charge in [-0.1, -0.05) is 39.5 Å². The number of aliphatic carboxylic acids is 1. The smallest absolute Gasteiger partial charge is 0.329 e. The van der Waals surface area contributed by atoms with Crippen LogP contribution >= 0.6 is 0 Å². The molecule has 18 heavy (non-hydrogen) atoms. The van der Waals surface area contributed by atoms with Gasteiger partial charge in [0.15, 0.2) is 0 Å². The fraction of sp³-hybridized carbons (Fsp3) is 0.857.